The van der Waals surface area contributed by atoms with E-state index in [1.165, 1.54) is 3.57 Å². The predicted octanol–water partition coefficient (Wildman–Crippen LogP) is 5.70. The number of hydrogen-bond donors (Lipinski definition) is 0. The van der Waals surface area contributed by atoms with E-state index in [2.05, 4.69) is 35.3 Å². The maximum absolute atomic E-state index is 10.7. The van der Waals surface area contributed by atoms with Crippen molar-refractivity contribution in [1.82, 2.24) is 0 Å². The van der Waals surface area contributed by atoms with Crippen LogP contribution in [0.1, 0.15) is 27.7 Å². The first-order valence-corrected chi connectivity index (χ1v) is 12.8. The third-order valence-corrected chi connectivity index (χ3v) is 3.58. The Bertz CT molecular complexity index is 462. The Labute approximate surface area is 157 Å². The average molecular weight is 502 g/mol. The Morgan fingerprint density at radius 1 is 0.560 bits per heavy atom. The molecule has 0 radical (unpaired) electrons. The van der Waals surface area contributed by atoms with E-state index in [0.717, 1.165) is 0 Å². The molecule has 0 nitrogen and oxygen atoms in total. The van der Waals surface area contributed by atoms with Crippen LogP contribution in [0.3, 0.4) is 0 Å². The van der Waals surface area contributed by atoms with E-state index in [9.17, 15) is 25.2 Å². The standard InChI is InChI=1S/C7H8I.C6H6.2C2H6.F6P/c1-8-7-5-3-2-4-6-7;1-2-4-6-5-3-1;2*1-2;1-7(2,3,4,5)6/h2-6H,1H3;1-6H;2*1-2H3;/q+1;;;;-1. The molecular weight excluding hydrogens is 476 g/mol. The van der Waals surface area contributed by atoms with Crippen LogP contribution in [0.15, 0.2) is 66.7 Å². The fraction of sp³-hybridized carbons (Fsp3) is 0.294. The van der Waals surface area contributed by atoms with E-state index >= 15 is 0 Å². The van der Waals surface area contributed by atoms with Crippen molar-refractivity contribution in [3.8, 4) is 0 Å². The Hall–Kier alpha value is -0.820. The quantitative estimate of drug-likeness (QED) is 0.203. The summed E-state index contributed by atoms with van der Waals surface area (Å²) in [5.74, 6) is 0. The van der Waals surface area contributed by atoms with Gasteiger partial charge in [-0.25, -0.2) is 0 Å². The zero-order valence-electron chi connectivity index (χ0n) is 14.9. The molecule has 2 aromatic carbocycles. The van der Waals surface area contributed by atoms with Crippen LogP contribution in [0.4, 0.5) is 25.2 Å². The smallest absolute Gasteiger partial charge is 0.0623 e. The fourth-order valence-corrected chi connectivity index (χ4v) is 2.06. The first-order valence-electron chi connectivity index (χ1n) is 7.49. The summed E-state index contributed by atoms with van der Waals surface area (Å²) >= 11 is 0.309. The Morgan fingerprint density at radius 3 is 0.920 bits per heavy atom. The molecular formula is C17H26F6IP. The second-order valence-electron chi connectivity index (χ2n) is 3.60. The SMILES string of the molecule is CC.CC.C[I+]c1ccccc1.F[P-](F)(F)(F)(F)F.c1ccccc1. The molecule has 0 heterocycles. The minimum atomic E-state index is -10.7. The molecule has 0 spiro atoms. The van der Waals surface area contributed by atoms with Crippen molar-refractivity contribution < 1.29 is 46.4 Å². The summed E-state index contributed by atoms with van der Waals surface area (Å²) in [6.07, 6.45) is 0. The van der Waals surface area contributed by atoms with Gasteiger partial charge in [-0.05, 0) is 12.1 Å². The summed E-state index contributed by atoms with van der Waals surface area (Å²) in [6.45, 7) is 8.00. The van der Waals surface area contributed by atoms with E-state index in [1.54, 1.807) is 0 Å². The largest absolute Gasteiger partial charge is 0.0623 e. The third-order valence-electron chi connectivity index (χ3n) is 1.62. The predicted molar refractivity (Wildman–Crippen MR) is 93.8 cm³/mol. The van der Waals surface area contributed by atoms with E-state index in [-0.39, 0.29) is 0 Å². The summed E-state index contributed by atoms with van der Waals surface area (Å²) < 4.78 is 60.7. The van der Waals surface area contributed by atoms with Crippen LogP contribution in [-0.2, 0) is 0 Å². The van der Waals surface area contributed by atoms with Crippen molar-refractivity contribution in [2.24, 2.45) is 0 Å². The molecule has 0 aliphatic carbocycles. The number of halogens is 7. The van der Waals surface area contributed by atoms with Crippen LogP contribution in [0.5, 0.6) is 0 Å². The first-order chi connectivity index (χ1) is 11.4. The Morgan fingerprint density at radius 2 is 0.760 bits per heavy atom. The maximum atomic E-state index is 9.87. The van der Waals surface area contributed by atoms with Crippen LogP contribution in [0.2, 0.25) is 0 Å². The topological polar surface area (TPSA) is 0 Å². The normalized spacial score (nSPS) is 11.8. The molecule has 0 aliphatic rings. The van der Waals surface area contributed by atoms with Crippen molar-refractivity contribution in [3.63, 3.8) is 0 Å². The number of alkyl halides is 1. The van der Waals surface area contributed by atoms with Crippen molar-refractivity contribution in [1.29, 1.82) is 0 Å². The Kier molecular flexibility index (Phi) is 15.5. The molecule has 0 bridgehead atoms. The molecule has 0 unspecified atom stereocenters. The van der Waals surface area contributed by atoms with Gasteiger partial charge in [0.15, 0.2) is 3.57 Å². The maximum Gasteiger partial charge on any atom is -0.0623 e. The monoisotopic (exact) mass is 502 g/mol. The van der Waals surface area contributed by atoms with Crippen molar-refractivity contribution in [3.05, 3.63) is 70.3 Å². The van der Waals surface area contributed by atoms with Crippen molar-refractivity contribution in [2.45, 2.75) is 27.7 Å². The van der Waals surface area contributed by atoms with Gasteiger partial charge in [0.25, 0.3) is 0 Å². The molecule has 0 saturated carbocycles. The van der Waals surface area contributed by atoms with Crippen molar-refractivity contribution >= 4 is 7.81 Å². The molecule has 0 aromatic heterocycles. The van der Waals surface area contributed by atoms with Gasteiger partial charge in [0, 0.05) is 0 Å². The third kappa shape index (κ3) is 45.1. The average Bonchev–Trinajstić information content (AvgIpc) is 2.58. The summed E-state index contributed by atoms with van der Waals surface area (Å²) in [4.78, 5) is 2.27. The fourth-order valence-electron chi connectivity index (χ4n) is 0.926. The van der Waals surface area contributed by atoms with Crippen LogP contribution in [0, 0.1) is 3.57 Å². The minimum absolute atomic E-state index is 0.309. The van der Waals surface area contributed by atoms with Gasteiger partial charge >= 0.3 is 54.2 Å². The summed E-state index contributed by atoms with van der Waals surface area (Å²) in [7, 11) is -10.7. The molecule has 25 heavy (non-hydrogen) atoms. The van der Waals surface area contributed by atoms with Crippen LogP contribution >= 0.6 is 7.81 Å². The number of rotatable bonds is 1. The second kappa shape index (κ2) is 13.4. The van der Waals surface area contributed by atoms with E-state index < -0.39 is 7.81 Å². The van der Waals surface area contributed by atoms with Crippen LogP contribution in [0.25, 0.3) is 0 Å². The van der Waals surface area contributed by atoms with Gasteiger partial charge in [-0.2, -0.15) is 0 Å². The van der Waals surface area contributed by atoms with Crippen LogP contribution < -0.4 is 21.2 Å². The van der Waals surface area contributed by atoms with Gasteiger partial charge < -0.3 is 0 Å². The minimum Gasteiger partial charge on any atom is -0.0623 e. The molecule has 0 N–H and O–H groups in total. The van der Waals surface area contributed by atoms with E-state index in [1.807, 2.05) is 64.1 Å². The molecule has 8 heteroatoms. The van der Waals surface area contributed by atoms with Gasteiger partial charge in [-0.3, -0.25) is 0 Å². The van der Waals surface area contributed by atoms with E-state index in [0.29, 0.717) is 21.2 Å². The summed E-state index contributed by atoms with van der Waals surface area (Å²) in [5.41, 5.74) is 0. The Balaban J connectivity index is -0.000000265. The molecule has 0 aliphatic heterocycles. The van der Waals surface area contributed by atoms with E-state index in [4.69, 9.17) is 0 Å². The van der Waals surface area contributed by atoms with Gasteiger partial charge in [-0.1, -0.05) is 82.3 Å². The molecule has 0 atom stereocenters. The zero-order valence-corrected chi connectivity index (χ0v) is 18.0. The summed E-state index contributed by atoms with van der Waals surface area (Å²) in [5, 5.41) is 0. The zero-order chi connectivity index (χ0) is 20.5. The van der Waals surface area contributed by atoms with Gasteiger partial charge in [0.1, 0.15) is 4.93 Å². The molecule has 0 saturated heterocycles. The molecule has 2 rings (SSSR count). The van der Waals surface area contributed by atoms with Crippen molar-refractivity contribution in [2.75, 3.05) is 4.93 Å². The van der Waals surface area contributed by atoms with Gasteiger partial charge in [-0.15, -0.1) is 0 Å². The van der Waals surface area contributed by atoms with Gasteiger partial charge in [0.05, 0.1) is 0 Å². The molecule has 0 amide bonds. The molecule has 2 aromatic rings. The second-order valence-corrected chi connectivity index (χ2v) is 7.84. The van der Waals surface area contributed by atoms with Crippen LogP contribution in [-0.4, -0.2) is 4.93 Å². The molecule has 0 fully saturated rings. The van der Waals surface area contributed by atoms with Gasteiger partial charge in [0.2, 0.25) is 0 Å². The summed E-state index contributed by atoms with van der Waals surface area (Å²) in [6, 6.07) is 22.6. The molecule has 148 valence electrons. The number of benzene rings is 2. The first kappa shape index (κ1) is 29.0. The number of hydrogen-bond acceptors (Lipinski definition) is 0.